The molecule has 2 atom stereocenters. The van der Waals surface area contributed by atoms with Crippen LogP contribution in [0.2, 0.25) is 10.6 Å². The number of aromatic amines is 1. The van der Waals surface area contributed by atoms with E-state index >= 15 is 0 Å². The van der Waals surface area contributed by atoms with Crippen LogP contribution in [0.4, 0.5) is 11.6 Å². The van der Waals surface area contributed by atoms with E-state index in [4.69, 9.17) is 53.3 Å². The average molecular weight is 1090 g/mol. The number of nitrogens with zero attached hydrogens (tertiary/aromatic N) is 9. The zero-order valence-corrected chi connectivity index (χ0v) is 46.8. The first-order chi connectivity index (χ1) is 30.2. The van der Waals surface area contributed by atoms with Crippen molar-refractivity contribution in [2.75, 3.05) is 42.4 Å². The third-order valence-corrected chi connectivity index (χ3v) is 8.65. The Bertz CT molecular complexity index is 2510. The molecule has 0 saturated heterocycles. The third-order valence-electron chi connectivity index (χ3n) is 7.97. The summed E-state index contributed by atoms with van der Waals surface area (Å²) in [5, 5.41) is 62.1. The molecule has 334 valence electrons. The molecule has 4 heterocycles. The zero-order chi connectivity index (χ0) is 46.5. The van der Waals surface area contributed by atoms with E-state index in [1.54, 1.807) is 57.3 Å². The number of carbonyl (C=O) groups excluding carboxylic acids is 1. The number of nitriles is 2. The van der Waals surface area contributed by atoms with Crippen LogP contribution in [0.5, 0.6) is 11.5 Å². The summed E-state index contributed by atoms with van der Waals surface area (Å²) in [6.07, 6.45) is 2.41. The molecular formula is C41H45Cl2IK2N12O7. The number of methoxy groups -OCH3 is 2. The zero-order valence-electron chi connectivity index (χ0n) is 37.9. The number of ether oxygens (including phenoxy) is 2. The number of carbonyl (C=O) groups is 1. The fourth-order valence-corrected chi connectivity index (χ4v) is 5.85. The van der Waals surface area contributed by atoms with E-state index in [1.165, 1.54) is 0 Å². The summed E-state index contributed by atoms with van der Waals surface area (Å²) in [6, 6.07) is 19.2. The van der Waals surface area contributed by atoms with Crippen molar-refractivity contribution < 1.29 is 139 Å². The number of nitrogens with one attached hydrogen (secondary N) is 3. The molecule has 2 aromatic carbocycles. The number of benzene rings is 2. The van der Waals surface area contributed by atoms with Crippen molar-refractivity contribution in [3.8, 4) is 68.7 Å². The van der Waals surface area contributed by atoms with Crippen LogP contribution in [0.25, 0.3) is 45.0 Å². The first kappa shape index (κ1) is 60.1. The van der Waals surface area contributed by atoms with Crippen LogP contribution in [0.3, 0.4) is 0 Å². The van der Waals surface area contributed by atoms with Gasteiger partial charge in [0.05, 0.1) is 66.3 Å². The van der Waals surface area contributed by atoms with E-state index in [0.717, 1.165) is 39.3 Å². The van der Waals surface area contributed by atoms with E-state index in [-0.39, 0.29) is 128 Å². The predicted molar refractivity (Wildman–Crippen MR) is 245 cm³/mol. The number of hydrogen-bond donors (Lipinski definition) is 5. The van der Waals surface area contributed by atoms with Gasteiger partial charge in [0.2, 0.25) is 10.6 Å². The standard InChI is InChI=1S/C20H21ClN6O2.C18H20ClN5O2.C2H2IN.CH2O3.2K.H/c1-12-6-14(8-15(7-12)29-3)19-16(11-27(26-19)5-4-22)17-9-18(23-10-13(2)28)25-20(21)24-17;1-10-4-12(6-13(5-10)26-3)17-14(9-21-24-17)15-7-16(20-8-11(2)25)23-18(19)22-15;3-1-2-4;2-1-4-3;;;/h6-9,11,13,28H,5,10H2,1-3H3,(H,23,24,25);4-7,9,11,25H,8H2,1-3H3,(H,21,24)(H,20,22,23);1H2;1,3H;;;/q;;;;2*+1;-1/p-1/t13-;11-;;;;;/m00...../s1. The predicted octanol–water partition coefficient (Wildman–Crippen LogP) is 0.0908. The second-order valence-corrected chi connectivity index (χ2v) is 14.6. The molecule has 4 aromatic heterocycles. The Hall–Kier alpha value is -2.87. The van der Waals surface area contributed by atoms with Crippen molar-refractivity contribution in [3.63, 3.8) is 0 Å². The van der Waals surface area contributed by atoms with Crippen LogP contribution in [-0.2, 0) is 16.2 Å². The molecule has 0 bridgehead atoms. The molecule has 24 heteroatoms. The maximum atomic E-state index is 9.51. The minimum Gasteiger partial charge on any atom is -1.00 e. The summed E-state index contributed by atoms with van der Waals surface area (Å²) in [4.78, 5) is 28.2. The number of H-pyrrole nitrogens is 1. The Morgan fingerprint density at radius 2 is 1.32 bits per heavy atom. The van der Waals surface area contributed by atoms with Crippen molar-refractivity contribution in [2.45, 2.75) is 46.4 Å². The molecule has 0 fully saturated rings. The van der Waals surface area contributed by atoms with Crippen molar-refractivity contribution in [2.24, 2.45) is 0 Å². The Kier molecular flexibility index (Phi) is 29.6. The van der Waals surface area contributed by atoms with Gasteiger partial charge in [0.15, 0.2) is 0 Å². The number of aliphatic hydroxyl groups is 2. The second kappa shape index (κ2) is 32.0. The van der Waals surface area contributed by atoms with E-state index in [2.05, 4.69) is 56.8 Å². The number of alkyl halides is 1. The quantitative estimate of drug-likeness (QED) is 0.0184. The molecule has 5 N–H and O–H groups in total. The molecule has 0 spiro atoms. The minimum absolute atomic E-state index is 0. The van der Waals surface area contributed by atoms with Gasteiger partial charge in [-0.2, -0.15) is 20.7 Å². The van der Waals surface area contributed by atoms with Gasteiger partial charge in [0.1, 0.15) is 35.4 Å². The van der Waals surface area contributed by atoms with Crippen LogP contribution in [0.1, 0.15) is 26.4 Å². The number of aryl methyl sites for hydroxylation is 2. The van der Waals surface area contributed by atoms with Gasteiger partial charge >= 0.3 is 103 Å². The number of halogens is 3. The topological polar surface area (TPSA) is 278 Å². The van der Waals surface area contributed by atoms with Crippen LogP contribution in [0.15, 0.2) is 60.9 Å². The Balaban J connectivity index is 0.00000106. The van der Waals surface area contributed by atoms with Crippen LogP contribution in [0, 0.1) is 36.5 Å². The number of hydrogen-bond acceptors (Lipinski definition) is 17. The molecular weight excluding hydrogens is 1050 g/mol. The van der Waals surface area contributed by atoms with Gasteiger partial charge in [-0.1, -0.05) is 22.6 Å². The smallest absolute Gasteiger partial charge is 1.00 e. The van der Waals surface area contributed by atoms with Crippen molar-refractivity contribution in [3.05, 3.63) is 82.6 Å². The maximum Gasteiger partial charge on any atom is 1.00 e. The molecule has 65 heavy (non-hydrogen) atoms. The summed E-state index contributed by atoms with van der Waals surface area (Å²) in [7, 11) is 3.24. The fourth-order valence-electron chi connectivity index (χ4n) is 5.49. The van der Waals surface area contributed by atoms with Gasteiger partial charge in [-0.05, 0) is 98.4 Å². The number of aromatic nitrogens is 8. The number of rotatable bonds is 14. The first-order valence-electron chi connectivity index (χ1n) is 18.6. The average Bonchev–Trinajstić information content (AvgIpc) is 3.93. The molecule has 0 radical (unpaired) electrons. The SMILES string of the molecule is COc1cc(C)cc(-c2[nH]ncc2-c2cc(NC[C@H](C)O)nc(Cl)n2)c1.COc1cc(C)cc(-c2nn(CC#N)cc2-c2cc(NC[C@H](C)O)nc(Cl)n2)c1.N#CCI.O=CO[O-].[H-].[K+].[K+]. The van der Waals surface area contributed by atoms with Crippen molar-refractivity contribution in [1.82, 2.24) is 39.9 Å². The van der Waals surface area contributed by atoms with E-state index in [9.17, 15) is 10.2 Å². The van der Waals surface area contributed by atoms with E-state index < -0.39 is 12.2 Å². The van der Waals surface area contributed by atoms with Gasteiger partial charge in [-0.15, -0.1) is 0 Å². The largest absolute Gasteiger partial charge is 1.00 e. The monoisotopic (exact) mass is 1090 g/mol. The van der Waals surface area contributed by atoms with Gasteiger partial charge < -0.3 is 41.9 Å². The molecule has 0 unspecified atom stereocenters. The van der Waals surface area contributed by atoms with E-state index in [1.807, 2.05) is 78.9 Å². The third kappa shape index (κ3) is 20.5. The molecule has 0 aliphatic heterocycles. The summed E-state index contributed by atoms with van der Waals surface area (Å²) >= 11 is 14.2. The molecule has 0 aliphatic carbocycles. The summed E-state index contributed by atoms with van der Waals surface area (Å²) in [6.45, 7) is 7.94. The fraction of sp³-hybridized carbons (Fsp3) is 0.293. The molecule has 19 nitrogen and oxygen atoms in total. The Morgan fingerprint density at radius 3 is 1.77 bits per heavy atom. The van der Waals surface area contributed by atoms with Gasteiger partial charge in [-0.25, -0.2) is 19.9 Å². The van der Waals surface area contributed by atoms with Crippen LogP contribution < -0.4 is 128 Å². The van der Waals surface area contributed by atoms with Crippen LogP contribution in [-0.4, -0.2) is 101 Å². The molecule has 0 amide bonds. The van der Waals surface area contributed by atoms with Crippen molar-refractivity contribution >= 4 is 63.9 Å². The summed E-state index contributed by atoms with van der Waals surface area (Å²) in [5.74, 6) is 2.50. The molecule has 0 saturated carbocycles. The summed E-state index contributed by atoms with van der Waals surface area (Å²) < 4.78 is 12.9. The van der Waals surface area contributed by atoms with Gasteiger partial charge in [-0.3, -0.25) is 14.6 Å². The van der Waals surface area contributed by atoms with Gasteiger partial charge in [0, 0.05) is 53.7 Å². The van der Waals surface area contributed by atoms with E-state index in [0.29, 0.717) is 57.5 Å². The maximum absolute atomic E-state index is 9.51. The normalized spacial score (nSPS) is 10.7. The number of aliphatic hydroxyl groups excluding tert-OH is 2. The number of anilines is 2. The minimum atomic E-state index is -0.541. The Labute approximate surface area is 486 Å². The molecule has 6 rings (SSSR count). The molecule has 0 aliphatic rings. The van der Waals surface area contributed by atoms with Crippen molar-refractivity contribution in [1.29, 1.82) is 10.5 Å². The molecule has 6 aromatic rings. The summed E-state index contributed by atoms with van der Waals surface area (Å²) in [5.41, 5.74) is 7.99. The first-order valence-corrected chi connectivity index (χ1v) is 20.9. The Morgan fingerprint density at radius 1 is 0.846 bits per heavy atom. The van der Waals surface area contributed by atoms with Gasteiger partial charge in [0.25, 0.3) is 6.47 Å². The van der Waals surface area contributed by atoms with Crippen LogP contribution >= 0.6 is 45.8 Å². The second-order valence-electron chi connectivity index (χ2n) is 13.1.